The molecule has 2 aliphatic rings. The Kier molecular flexibility index (Phi) is 5.74. The van der Waals surface area contributed by atoms with Crippen molar-refractivity contribution in [2.75, 3.05) is 6.54 Å². The Morgan fingerprint density at radius 1 is 1.17 bits per heavy atom. The summed E-state index contributed by atoms with van der Waals surface area (Å²) in [6, 6.07) is 15.4. The molecule has 3 atom stereocenters. The minimum Gasteiger partial charge on any atom is -0.357 e. The zero-order valence-corrected chi connectivity index (χ0v) is 18.0. The summed E-state index contributed by atoms with van der Waals surface area (Å²) in [5.41, 5.74) is 1.28. The van der Waals surface area contributed by atoms with E-state index in [1.54, 1.807) is 6.08 Å². The molecule has 152 valence electrons. The van der Waals surface area contributed by atoms with Gasteiger partial charge in [-0.25, -0.2) is 0 Å². The number of morpholine rings is 1. The standard InChI is InChI=1S/C24H25Cl2NO2/c1-3-5-21-23(28)27(15-16-8-9-16)24(2,18-10-12-19(25)13-11-18)22(29-21)17-6-4-7-20(26)14-17/h3-4,6-7,10-14,16,21-22H,1,5,8-9,15H2,2H3/t21-,22-,24-/m1/s1. The summed E-state index contributed by atoms with van der Waals surface area (Å²) < 4.78 is 6.46. The van der Waals surface area contributed by atoms with Crippen molar-refractivity contribution in [3.05, 3.63) is 82.4 Å². The first-order chi connectivity index (χ1) is 13.9. The fourth-order valence-electron chi connectivity index (χ4n) is 4.21. The van der Waals surface area contributed by atoms with Gasteiger partial charge in [-0.2, -0.15) is 0 Å². The lowest BCUT2D eigenvalue weighted by Crippen LogP contribution is -2.60. The zero-order chi connectivity index (χ0) is 20.6. The van der Waals surface area contributed by atoms with Crippen molar-refractivity contribution in [2.24, 2.45) is 5.92 Å². The molecule has 1 saturated heterocycles. The van der Waals surface area contributed by atoms with E-state index in [1.807, 2.05) is 53.4 Å². The van der Waals surface area contributed by atoms with Gasteiger partial charge in [-0.15, -0.1) is 6.58 Å². The molecule has 0 spiro atoms. The summed E-state index contributed by atoms with van der Waals surface area (Å²) in [5.74, 6) is 0.570. The van der Waals surface area contributed by atoms with Gasteiger partial charge in [0.05, 0.1) is 5.54 Å². The molecule has 5 heteroatoms. The number of halogens is 2. The normalized spacial score (nSPS) is 27.1. The van der Waals surface area contributed by atoms with Crippen molar-refractivity contribution in [1.82, 2.24) is 4.90 Å². The molecule has 0 unspecified atom stereocenters. The van der Waals surface area contributed by atoms with Crippen LogP contribution in [-0.2, 0) is 15.1 Å². The SMILES string of the molecule is C=CC[C@H]1O[C@H](c2cccc(Cl)c2)[C@@](C)(c2ccc(Cl)cc2)N(CC2CC2)C1=O. The molecular formula is C24H25Cl2NO2. The summed E-state index contributed by atoms with van der Waals surface area (Å²) in [5, 5.41) is 1.31. The number of nitrogens with zero attached hydrogens (tertiary/aromatic N) is 1. The molecule has 1 aliphatic heterocycles. The molecular weight excluding hydrogens is 405 g/mol. The highest BCUT2D eigenvalue weighted by molar-refractivity contribution is 6.30. The van der Waals surface area contributed by atoms with Crippen LogP contribution in [0.4, 0.5) is 0 Å². The van der Waals surface area contributed by atoms with E-state index in [2.05, 4.69) is 13.5 Å². The van der Waals surface area contributed by atoms with Crippen molar-refractivity contribution in [2.45, 2.75) is 43.9 Å². The van der Waals surface area contributed by atoms with Gasteiger partial charge in [0.25, 0.3) is 5.91 Å². The topological polar surface area (TPSA) is 29.5 Å². The maximum Gasteiger partial charge on any atom is 0.252 e. The molecule has 0 radical (unpaired) electrons. The molecule has 3 nitrogen and oxygen atoms in total. The summed E-state index contributed by atoms with van der Waals surface area (Å²) in [6.45, 7) is 6.63. The minimum absolute atomic E-state index is 0.0209. The molecule has 0 N–H and O–H groups in total. The van der Waals surface area contributed by atoms with E-state index in [9.17, 15) is 4.79 Å². The number of carbonyl (C=O) groups excluding carboxylic acids is 1. The second-order valence-corrected chi connectivity index (χ2v) is 9.00. The van der Waals surface area contributed by atoms with Crippen LogP contribution >= 0.6 is 23.2 Å². The average molecular weight is 430 g/mol. The van der Waals surface area contributed by atoms with Crippen molar-refractivity contribution in [3.63, 3.8) is 0 Å². The van der Waals surface area contributed by atoms with Crippen LogP contribution in [0, 0.1) is 5.92 Å². The number of ether oxygens (including phenoxy) is 1. The Morgan fingerprint density at radius 3 is 2.52 bits per heavy atom. The summed E-state index contributed by atoms with van der Waals surface area (Å²) in [4.78, 5) is 15.5. The third-order valence-corrected chi connectivity index (χ3v) is 6.50. The number of hydrogen-bond donors (Lipinski definition) is 0. The largest absolute Gasteiger partial charge is 0.357 e. The van der Waals surface area contributed by atoms with E-state index in [4.69, 9.17) is 27.9 Å². The molecule has 1 saturated carbocycles. The number of amides is 1. The lowest BCUT2D eigenvalue weighted by atomic mass is 9.78. The first-order valence-corrected chi connectivity index (χ1v) is 10.8. The van der Waals surface area contributed by atoms with E-state index in [1.165, 1.54) is 0 Å². The Bertz CT molecular complexity index is 909. The predicted octanol–water partition coefficient (Wildman–Crippen LogP) is 6.16. The van der Waals surface area contributed by atoms with Gasteiger partial charge >= 0.3 is 0 Å². The predicted molar refractivity (Wildman–Crippen MR) is 117 cm³/mol. The summed E-state index contributed by atoms with van der Waals surface area (Å²) >= 11 is 12.5. The minimum atomic E-state index is -0.674. The second-order valence-electron chi connectivity index (χ2n) is 8.13. The van der Waals surface area contributed by atoms with Crippen molar-refractivity contribution >= 4 is 29.1 Å². The van der Waals surface area contributed by atoms with E-state index in [0.29, 0.717) is 22.4 Å². The Balaban J connectivity index is 1.86. The first-order valence-electron chi connectivity index (χ1n) is 10.0. The number of hydrogen-bond acceptors (Lipinski definition) is 2. The molecule has 0 aromatic heterocycles. The highest BCUT2D eigenvalue weighted by Gasteiger charge is 2.53. The van der Waals surface area contributed by atoms with Crippen LogP contribution in [0.25, 0.3) is 0 Å². The fourth-order valence-corrected chi connectivity index (χ4v) is 4.54. The van der Waals surface area contributed by atoms with Gasteiger partial charge in [0, 0.05) is 23.0 Å². The van der Waals surface area contributed by atoms with Crippen LogP contribution in [0.2, 0.25) is 10.0 Å². The van der Waals surface area contributed by atoms with Crippen molar-refractivity contribution in [1.29, 1.82) is 0 Å². The Morgan fingerprint density at radius 2 is 1.90 bits per heavy atom. The fraction of sp³-hybridized carbons (Fsp3) is 0.375. The quantitative estimate of drug-likeness (QED) is 0.514. The van der Waals surface area contributed by atoms with Crippen LogP contribution in [0.15, 0.2) is 61.2 Å². The molecule has 1 amide bonds. The smallest absolute Gasteiger partial charge is 0.252 e. The Labute approximate surface area is 182 Å². The number of carbonyl (C=O) groups is 1. The molecule has 2 aromatic carbocycles. The molecule has 1 aliphatic carbocycles. The third-order valence-electron chi connectivity index (χ3n) is 6.01. The van der Waals surface area contributed by atoms with Gasteiger partial charge < -0.3 is 9.64 Å². The summed E-state index contributed by atoms with van der Waals surface area (Å²) in [7, 11) is 0. The van der Waals surface area contributed by atoms with E-state index in [0.717, 1.165) is 30.5 Å². The molecule has 1 heterocycles. The number of benzene rings is 2. The van der Waals surface area contributed by atoms with E-state index in [-0.39, 0.29) is 12.0 Å². The van der Waals surface area contributed by atoms with Gasteiger partial charge in [-0.05, 0) is 61.1 Å². The lowest BCUT2D eigenvalue weighted by molar-refractivity contribution is -0.192. The van der Waals surface area contributed by atoms with Crippen LogP contribution in [-0.4, -0.2) is 23.5 Å². The average Bonchev–Trinajstić information content (AvgIpc) is 3.52. The van der Waals surface area contributed by atoms with Gasteiger partial charge in [-0.1, -0.05) is 53.5 Å². The molecule has 4 rings (SSSR count). The summed E-state index contributed by atoms with van der Waals surface area (Å²) in [6.07, 6.45) is 3.65. The van der Waals surface area contributed by atoms with Crippen LogP contribution in [0.3, 0.4) is 0 Å². The van der Waals surface area contributed by atoms with Crippen LogP contribution in [0.5, 0.6) is 0 Å². The second kappa shape index (κ2) is 8.14. The highest BCUT2D eigenvalue weighted by Crippen LogP contribution is 2.49. The van der Waals surface area contributed by atoms with Gasteiger partial charge in [0.15, 0.2) is 0 Å². The van der Waals surface area contributed by atoms with Crippen molar-refractivity contribution in [3.8, 4) is 0 Å². The Hall–Kier alpha value is -1.81. The van der Waals surface area contributed by atoms with Gasteiger partial charge in [0.1, 0.15) is 12.2 Å². The first kappa shape index (κ1) is 20.5. The zero-order valence-electron chi connectivity index (χ0n) is 16.5. The number of rotatable bonds is 6. The maximum atomic E-state index is 13.5. The lowest BCUT2D eigenvalue weighted by Gasteiger charge is -2.52. The van der Waals surface area contributed by atoms with E-state index < -0.39 is 11.6 Å². The highest BCUT2D eigenvalue weighted by atomic mass is 35.5. The monoisotopic (exact) mass is 429 g/mol. The van der Waals surface area contributed by atoms with Gasteiger partial charge in [-0.3, -0.25) is 4.79 Å². The van der Waals surface area contributed by atoms with Crippen LogP contribution in [0.1, 0.15) is 43.4 Å². The molecule has 2 fully saturated rings. The van der Waals surface area contributed by atoms with Crippen molar-refractivity contribution < 1.29 is 9.53 Å². The molecule has 29 heavy (non-hydrogen) atoms. The molecule has 0 bridgehead atoms. The van der Waals surface area contributed by atoms with Crippen LogP contribution < -0.4 is 0 Å². The van der Waals surface area contributed by atoms with E-state index >= 15 is 0 Å². The van der Waals surface area contributed by atoms with Gasteiger partial charge in [0.2, 0.25) is 0 Å². The maximum absolute atomic E-state index is 13.5. The third kappa shape index (κ3) is 3.96. The molecule has 2 aromatic rings.